The van der Waals surface area contributed by atoms with Gasteiger partial charge in [0.1, 0.15) is 11.8 Å². The monoisotopic (exact) mass is 425 g/mol. The first-order valence-electron chi connectivity index (χ1n) is 10.8. The highest BCUT2D eigenvalue weighted by Gasteiger charge is 2.34. The summed E-state index contributed by atoms with van der Waals surface area (Å²) in [5.41, 5.74) is 1.12. The number of carbonyl (C=O) groups excluding carboxylic acids is 1. The molecule has 31 heavy (non-hydrogen) atoms. The van der Waals surface area contributed by atoms with Crippen molar-refractivity contribution < 1.29 is 18.8 Å². The molecule has 0 bridgehead atoms. The molecule has 1 atom stereocenters. The van der Waals surface area contributed by atoms with Gasteiger partial charge in [-0.1, -0.05) is 25.5 Å². The molecule has 0 spiro atoms. The van der Waals surface area contributed by atoms with E-state index in [1.165, 1.54) is 11.2 Å². The molecule has 2 aromatic heterocycles. The third-order valence-electron chi connectivity index (χ3n) is 5.86. The Labute approximate surface area is 181 Å². The fraction of sp³-hybridized carbons (Fsp3) is 0.455. The summed E-state index contributed by atoms with van der Waals surface area (Å²) in [5.74, 6) is 2.09. The number of aromatic nitrogens is 4. The summed E-state index contributed by atoms with van der Waals surface area (Å²) in [4.78, 5) is 15.9. The number of hydrogen-bond donors (Lipinski definition) is 1. The van der Waals surface area contributed by atoms with Crippen LogP contribution in [0.2, 0.25) is 0 Å². The molecule has 0 aliphatic carbocycles. The zero-order chi connectivity index (χ0) is 21.6. The third kappa shape index (κ3) is 4.77. The number of hydrogen-bond acceptors (Lipinski definition) is 6. The average molecular weight is 426 g/mol. The fourth-order valence-corrected chi connectivity index (χ4v) is 4.18. The van der Waals surface area contributed by atoms with Crippen molar-refractivity contribution in [1.29, 1.82) is 0 Å². The third-order valence-corrected chi connectivity index (χ3v) is 5.86. The number of benzene rings is 1. The van der Waals surface area contributed by atoms with Gasteiger partial charge in [0.2, 0.25) is 5.82 Å². The molecule has 164 valence electrons. The molecule has 1 aliphatic heterocycles. The first-order valence-corrected chi connectivity index (χ1v) is 10.8. The van der Waals surface area contributed by atoms with Crippen LogP contribution in [0.5, 0.6) is 5.75 Å². The molecule has 1 N–H and O–H groups in total. The Bertz CT molecular complexity index is 962. The van der Waals surface area contributed by atoms with Crippen LogP contribution in [0, 0.1) is 0 Å². The molecule has 1 saturated heterocycles. The minimum absolute atomic E-state index is 0.0413. The lowest BCUT2D eigenvalue weighted by Crippen LogP contribution is -3.15. The molecule has 9 nitrogen and oxygen atoms in total. The van der Waals surface area contributed by atoms with Gasteiger partial charge in [0.05, 0.1) is 46.1 Å². The molecule has 0 unspecified atom stereocenters. The maximum atomic E-state index is 12.6. The molecule has 0 radical (unpaired) electrons. The van der Waals surface area contributed by atoms with E-state index in [1.54, 1.807) is 19.2 Å². The molecular weight excluding hydrogens is 396 g/mol. The minimum Gasteiger partial charge on any atom is -0.497 e. The van der Waals surface area contributed by atoms with Gasteiger partial charge in [0, 0.05) is 6.42 Å². The van der Waals surface area contributed by atoms with Crippen molar-refractivity contribution in [2.75, 3.05) is 33.3 Å². The second kappa shape index (κ2) is 9.74. The predicted octanol–water partition coefficient (Wildman–Crippen LogP) is 1.21. The number of furan rings is 1. The van der Waals surface area contributed by atoms with Gasteiger partial charge in [-0.2, -0.15) is 0 Å². The van der Waals surface area contributed by atoms with Gasteiger partial charge >= 0.3 is 0 Å². The number of ether oxygens (including phenoxy) is 1. The van der Waals surface area contributed by atoms with E-state index in [9.17, 15) is 4.79 Å². The van der Waals surface area contributed by atoms with Crippen molar-refractivity contribution >= 4 is 5.91 Å². The number of nitrogens with zero attached hydrogens (tertiary/aromatic N) is 5. The number of carbonyl (C=O) groups is 1. The summed E-state index contributed by atoms with van der Waals surface area (Å²) in [6.45, 7) is 5.88. The van der Waals surface area contributed by atoms with Crippen LogP contribution in [0.15, 0.2) is 47.1 Å². The zero-order valence-corrected chi connectivity index (χ0v) is 18.0. The molecule has 1 aromatic carbocycles. The Morgan fingerprint density at radius 2 is 2.00 bits per heavy atom. The van der Waals surface area contributed by atoms with E-state index in [0.717, 1.165) is 43.1 Å². The summed E-state index contributed by atoms with van der Waals surface area (Å²) >= 11 is 0. The molecule has 1 aliphatic rings. The van der Waals surface area contributed by atoms with Crippen molar-refractivity contribution in [3.63, 3.8) is 0 Å². The molecule has 1 amide bonds. The highest BCUT2D eigenvalue weighted by atomic mass is 16.5. The summed E-state index contributed by atoms with van der Waals surface area (Å²) < 4.78 is 12.4. The molecular formula is C22H29N6O3+. The van der Waals surface area contributed by atoms with E-state index < -0.39 is 0 Å². The number of quaternary nitrogens is 1. The summed E-state index contributed by atoms with van der Waals surface area (Å²) in [7, 11) is 1.66. The number of piperazine rings is 1. The van der Waals surface area contributed by atoms with E-state index in [-0.39, 0.29) is 11.9 Å². The number of rotatable bonds is 8. The summed E-state index contributed by atoms with van der Waals surface area (Å²) in [5, 5.41) is 12.6. The Morgan fingerprint density at radius 3 is 2.65 bits per heavy atom. The van der Waals surface area contributed by atoms with Gasteiger partial charge in [-0.15, -0.1) is 5.10 Å². The van der Waals surface area contributed by atoms with Crippen LogP contribution >= 0.6 is 0 Å². The first kappa shape index (κ1) is 21.0. The number of nitrogens with one attached hydrogen (secondary N) is 1. The zero-order valence-electron chi connectivity index (χ0n) is 18.0. The molecule has 9 heteroatoms. The maximum Gasteiger partial charge on any atom is 0.289 e. The summed E-state index contributed by atoms with van der Waals surface area (Å²) in [6, 6.07) is 11.6. The van der Waals surface area contributed by atoms with E-state index in [2.05, 4.69) is 22.4 Å². The molecule has 1 fully saturated rings. The first-order chi connectivity index (χ1) is 15.2. The van der Waals surface area contributed by atoms with E-state index in [4.69, 9.17) is 9.15 Å². The Balaban J connectivity index is 1.45. The van der Waals surface area contributed by atoms with Crippen LogP contribution in [-0.4, -0.2) is 64.3 Å². The van der Waals surface area contributed by atoms with Crippen molar-refractivity contribution in [1.82, 2.24) is 25.1 Å². The van der Waals surface area contributed by atoms with Crippen LogP contribution in [0.3, 0.4) is 0 Å². The van der Waals surface area contributed by atoms with E-state index >= 15 is 0 Å². The van der Waals surface area contributed by atoms with Gasteiger partial charge in [-0.05, 0) is 40.3 Å². The molecule has 3 heterocycles. The lowest BCUT2D eigenvalue weighted by molar-refractivity contribution is -0.936. The Kier molecular flexibility index (Phi) is 6.61. The maximum absolute atomic E-state index is 12.6. The lowest BCUT2D eigenvalue weighted by Gasteiger charge is -2.35. The molecule has 4 rings (SSSR count). The summed E-state index contributed by atoms with van der Waals surface area (Å²) in [6.07, 6.45) is 3.57. The normalized spacial score (nSPS) is 15.7. The van der Waals surface area contributed by atoms with Crippen LogP contribution in [0.4, 0.5) is 0 Å². The van der Waals surface area contributed by atoms with Gasteiger partial charge in [-0.25, -0.2) is 4.68 Å². The predicted molar refractivity (Wildman–Crippen MR) is 113 cm³/mol. The highest BCUT2D eigenvalue weighted by Crippen LogP contribution is 2.17. The SMILES string of the molecule is CCC[C@H](c1nnnn1Cc1ccc(OC)cc1)[NH+]1CCN(C(=O)c2ccco2)CC1. The number of methoxy groups -OCH3 is 1. The van der Waals surface area contributed by atoms with Crippen molar-refractivity contribution in [2.24, 2.45) is 0 Å². The molecule has 3 aromatic rings. The van der Waals surface area contributed by atoms with Gasteiger partial charge in [-0.3, -0.25) is 4.79 Å². The van der Waals surface area contributed by atoms with Crippen LogP contribution in [-0.2, 0) is 6.54 Å². The van der Waals surface area contributed by atoms with Crippen LogP contribution in [0.25, 0.3) is 0 Å². The van der Waals surface area contributed by atoms with Crippen LogP contribution < -0.4 is 9.64 Å². The average Bonchev–Trinajstić information content (AvgIpc) is 3.50. The van der Waals surface area contributed by atoms with E-state index in [1.807, 2.05) is 33.8 Å². The number of amides is 1. The van der Waals surface area contributed by atoms with E-state index in [0.29, 0.717) is 25.4 Å². The largest absolute Gasteiger partial charge is 0.497 e. The van der Waals surface area contributed by atoms with Gasteiger partial charge < -0.3 is 19.0 Å². The number of tetrazole rings is 1. The van der Waals surface area contributed by atoms with Crippen LogP contribution in [0.1, 0.15) is 47.7 Å². The van der Waals surface area contributed by atoms with Crippen molar-refractivity contribution in [3.8, 4) is 5.75 Å². The smallest absolute Gasteiger partial charge is 0.289 e. The second-order valence-electron chi connectivity index (χ2n) is 7.81. The van der Waals surface area contributed by atoms with Gasteiger partial charge in [0.25, 0.3) is 5.91 Å². The van der Waals surface area contributed by atoms with Crippen molar-refractivity contribution in [2.45, 2.75) is 32.4 Å². The van der Waals surface area contributed by atoms with Gasteiger partial charge in [0.15, 0.2) is 5.76 Å². The lowest BCUT2D eigenvalue weighted by atomic mass is 10.1. The minimum atomic E-state index is -0.0413. The Hall–Kier alpha value is -3.20. The quantitative estimate of drug-likeness (QED) is 0.583. The fourth-order valence-electron chi connectivity index (χ4n) is 4.18. The van der Waals surface area contributed by atoms with Crippen molar-refractivity contribution in [3.05, 3.63) is 59.8 Å². The second-order valence-corrected chi connectivity index (χ2v) is 7.81. The highest BCUT2D eigenvalue weighted by molar-refractivity contribution is 5.91. The topological polar surface area (TPSA) is 90.7 Å². The Morgan fingerprint density at radius 1 is 1.23 bits per heavy atom. The molecule has 0 saturated carbocycles. The standard InChI is InChI=1S/C22H28N6O3/c1-3-5-19(26-11-13-27(14-12-26)22(29)20-6-4-15-31-20)21-23-24-25-28(21)16-17-7-9-18(30-2)10-8-17/h4,6-10,15,19H,3,5,11-14,16H2,1-2H3/p+1/t19-/m1/s1.